The third-order valence-corrected chi connectivity index (χ3v) is 7.84. The molecule has 1 aliphatic rings. The highest BCUT2D eigenvalue weighted by atomic mass is 32.2. The van der Waals surface area contributed by atoms with Crippen molar-refractivity contribution in [3.63, 3.8) is 0 Å². The zero-order chi connectivity index (χ0) is 26.3. The average molecular weight is 528 g/mol. The lowest BCUT2D eigenvalue weighted by molar-refractivity contribution is -0.134. The van der Waals surface area contributed by atoms with Crippen LogP contribution in [0.3, 0.4) is 0 Å². The molecule has 0 spiro atoms. The van der Waals surface area contributed by atoms with Crippen molar-refractivity contribution >= 4 is 26.8 Å². The van der Waals surface area contributed by atoms with Crippen molar-refractivity contribution in [2.45, 2.75) is 37.3 Å². The van der Waals surface area contributed by atoms with E-state index in [2.05, 4.69) is 15.0 Å². The maximum atomic E-state index is 12.9. The minimum Gasteiger partial charge on any atom is -0.489 e. The number of aryl methyl sites for hydroxylation is 1. The summed E-state index contributed by atoms with van der Waals surface area (Å²) in [7, 11) is -3.89. The van der Waals surface area contributed by atoms with Crippen molar-refractivity contribution in [2.75, 3.05) is 32.7 Å². The van der Waals surface area contributed by atoms with E-state index in [0.717, 1.165) is 41.5 Å². The second-order valence-electron chi connectivity index (χ2n) is 9.04. The number of benzene rings is 2. The molecule has 1 fully saturated rings. The van der Waals surface area contributed by atoms with Gasteiger partial charge in [0, 0.05) is 36.3 Å². The van der Waals surface area contributed by atoms with Crippen molar-refractivity contribution < 1.29 is 23.2 Å². The molecule has 1 aliphatic heterocycles. The van der Waals surface area contributed by atoms with E-state index >= 15 is 0 Å². The number of carbonyl (C=O) groups is 1. The maximum absolute atomic E-state index is 12.9. The van der Waals surface area contributed by atoms with E-state index < -0.39 is 22.0 Å². The number of sulfonamides is 1. The van der Waals surface area contributed by atoms with Crippen LogP contribution in [0, 0.1) is 6.92 Å². The SMILES string of the molecule is Cc1cc(COc2ccc(S(=O)(=O)NC[C@@H](C(=O)NO)N3CCCCNCC3)cc2)c2ccccc2n1. The fourth-order valence-electron chi connectivity index (χ4n) is 4.46. The molecule has 0 radical (unpaired) electrons. The van der Waals surface area contributed by atoms with Crippen LogP contribution < -0.4 is 20.3 Å². The second-order valence-corrected chi connectivity index (χ2v) is 10.8. The Labute approximate surface area is 217 Å². The van der Waals surface area contributed by atoms with Gasteiger partial charge in [-0.2, -0.15) is 0 Å². The number of amides is 1. The first-order valence-corrected chi connectivity index (χ1v) is 13.8. The molecule has 4 rings (SSSR count). The van der Waals surface area contributed by atoms with Crippen molar-refractivity contribution in [1.82, 2.24) is 25.4 Å². The first-order valence-electron chi connectivity index (χ1n) is 12.3. The fraction of sp³-hybridized carbons (Fsp3) is 0.385. The zero-order valence-corrected chi connectivity index (χ0v) is 21.6. The second kappa shape index (κ2) is 12.4. The summed E-state index contributed by atoms with van der Waals surface area (Å²) in [5.74, 6) is -0.117. The predicted molar refractivity (Wildman–Crippen MR) is 140 cm³/mol. The summed E-state index contributed by atoms with van der Waals surface area (Å²) in [5, 5.41) is 13.5. The molecule has 0 bridgehead atoms. The lowest BCUT2D eigenvalue weighted by atomic mass is 10.1. The highest BCUT2D eigenvalue weighted by Gasteiger charge is 2.28. The highest BCUT2D eigenvalue weighted by Crippen LogP contribution is 2.22. The van der Waals surface area contributed by atoms with Gasteiger partial charge >= 0.3 is 0 Å². The Morgan fingerprint density at radius 3 is 2.70 bits per heavy atom. The number of hydrogen-bond acceptors (Lipinski definition) is 8. The van der Waals surface area contributed by atoms with E-state index in [1.165, 1.54) is 12.1 Å². The summed E-state index contributed by atoms with van der Waals surface area (Å²) in [5.41, 5.74) is 4.45. The number of para-hydroxylation sites is 1. The molecule has 0 unspecified atom stereocenters. The average Bonchev–Trinajstić information content (AvgIpc) is 2.88. The van der Waals surface area contributed by atoms with Crippen molar-refractivity contribution in [1.29, 1.82) is 0 Å². The van der Waals surface area contributed by atoms with Crippen LogP contribution in [0.15, 0.2) is 59.5 Å². The number of rotatable bonds is 9. The molecule has 1 saturated heterocycles. The Balaban J connectivity index is 1.40. The molecule has 198 valence electrons. The van der Waals surface area contributed by atoms with Gasteiger partial charge in [0.2, 0.25) is 10.0 Å². The summed E-state index contributed by atoms with van der Waals surface area (Å²) in [6.45, 7) is 4.88. The summed E-state index contributed by atoms with van der Waals surface area (Å²) in [6.07, 6.45) is 1.83. The van der Waals surface area contributed by atoms with Crippen LogP contribution in [-0.4, -0.2) is 68.2 Å². The minimum absolute atomic E-state index is 0.0579. The highest BCUT2D eigenvalue weighted by molar-refractivity contribution is 7.89. The van der Waals surface area contributed by atoms with Crippen molar-refractivity contribution in [3.05, 3.63) is 65.9 Å². The van der Waals surface area contributed by atoms with E-state index in [4.69, 9.17) is 4.74 Å². The number of ether oxygens (including phenoxy) is 1. The molecule has 2 aromatic carbocycles. The molecule has 10 nitrogen and oxygen atoms in total. The third kappa shape index (κ3) is 7.02. The van der Waals surface area contributed by atoms with Gasteiger partial charge in [0.15, 0.2) is 0 Å². The molecule has 4 N–H and O–H groups in total. The molecular weight excluding hydrogens is 494 g/mol. The van der Waals surface area contributed by atoms with E-state index in [-0.39, 0.29) is 11.4 Å². The molecule has 1 atom stereocenters. The van der Waals surface area contributed by atoms with Gasteiger partial charge in [0.25, 0.3) is 5.91 Å². The van der Waals surface area contributed by atoms with Gasteiger partial charge in [0.1, 0.15) is 18.4 Å². The molecule has 37 heavy (non-hydrogen) atoms. The number of pyridine rings is 1. The molecule has 1 aromatic heterocycles. The molecule has 1 amide bonds. The molecule has 0 saturated carbocycles. The lowest BCUT2D eigenvalue weighted by Crippen LogP contribution is -2.54. The number of fused-ring (bicyclic) bond motifs is 1. The molecule has 11 heteroatoms. The Morgan fingerprint density at radius 1 is 1.14 bits per heavy atom. The van der Waals surface area contributed by atoms with Gasteiger partial charge in [-0.3, -0.25) is 19.9 Å². The quantitative estimate of drug-likeness (QED) is 0.245. The monoisotopic (exact) mass is 527 g/mol. The number of hydrogen-bond donors (Lipinski definition) is 4. The van der Waals surface area contributed by atoms with E-state index in [1.54, 1.807) is 17.6 Å². The van der Waals surface area contributed by atoms with E-state index in [0.29, 0.717) is 32.0 Å². The van der Waals surface area contributed by atoms with Crippen LogP contribution in [0.5, 0.6) is 5.75 Å². The predicted octanol–water partition coefficient (Wildman–Crippen LogP) is 1.96. The van der Waals surface area contributed by atoms with E-state index in [1.807, 2.05) is 42.2 Å². The van der Waals surface area contributed by atoms with Crippen molar-refractivity contribution in [3.8, 4) is 5.75 Å². The number of aromatic nitrogens is 1. The van der Waals surface area contributed by atoms with Gasteiger partial charge in [-0.1, -0.05) is 18.2 Å². The largest absolute Gasteiger partial charge is 0.489 e. The Morgan fingerprint density at radius 2 is 1.92 bits per heavy atom. The fourth-order valence-corrected chi connectivity index (χ4v) is 5.50. The number of nitrogens with one attached hydrogen (secondary N) is 3. The summed E-state index contributed by atoms with van der Waals surface area (Å²) >= 11 is 0. The Kier molecular flexibility index (Phi) is 9.06. The van der Waals surface area contributed by atoms with Crippen LogP contribution >= 0.6 is 0 Å². The summed E-state index contributed by atoms with van der Waals surface area (Å²) < 4.78 is 34.3. The summed E-state index contributed by atoms with van der Waals surface area (Å²) in [6, 6.07) is 15.1. The maximum Gasteiger partial charge on any atom is 0.262 e. The lowest BCUT2D eigenvalue weighted by Gasteiger charge is -2.31. The van der Waals surface area contributed by atoms with Gasteiger partial charge in [-0.15, -0.1) is 0 Å². The molecule has 2 heterocycles. The van der Waals surface area contributed by atoms with Crippen LogP contribution in [0.25, 0.3) is 10.9 Å². The molecule has 0 aliphatic carbocycles. The van der Waals surface area contributed by atoms with E-state index in [9.17, 15) is 18.4 Å². The normalized spacial score (nSPS) is 16.1. The van der Waals surface area contributed by atoms with Crippen LogP contribution in [0.4, 0.5) is 0 Å². The first-order chi connectivity index (χ1) is 17.9. The first kappa shape index (κ1) is 27.0. The topological polar surface area (TPSA) is 133 Å². The summed E-state index contributed by atoms with van der Waals surface area (Å²) in [4.78, 5) is 18.8. The van der Waals surface area contributed by atoms with Crippen LogP contribution in [-0.2, 0) is 21.4 Å². The van der Waals surface area contributed by atoms with Gasteiger partial charge in [-0.05, 0) is 69.3 Å². The Bertz CT molecular complexity index is 1310. The third-order valence-electron chi connectivity index (χ3n) is 6.40. The zero-order valence-electron chi connectivity index (χ0n) is 20.8. The number of carbonyl (C=O) groups excluding carboxylic acids is 1. The minimum atomic E-state index is -3.89. The van der Waals surface area contributed by atoms with Crippen LogP contribution in [0.1, 0.15) is 24.1 Å². The van der Waals surface area contributed by atoms with Crippen LogP contribution in [0.2, 0.25) is 0 Å². The molecule has 3 aromatic rings. The standard InChI is InChI=1S/C26H33N5O5S/c1-19-16-20(23-6-2-3-7-24(23)29-19)18-36-21-8-10-22(11-9-21)37(34,35)28-17-25(26(32)30-33)31-14-5-4-12-27-13-15-31/h2-3,6-11,16,25,27-28,33H,4-5,12-15,17-18H2,1H3,(H,30,32)/t25-/m0/s1. The van der Waals surface area contributed by atoms with Gasteiger partial charge in [-0.25, -0.2) is 18.6 Å². The molecular formula is C26H33N5O5S. The Hall–Kier alpha value is -3.09. The van der Waals surface area contributed by atoms with Gasteiger partial charge in [0.05, 0.1) is 10.4 Å². The smallest absolute Gasteiger partial charge is 0.262 e. The number of hydroxylamine groups is 1. The number of nitrogens with zero attached hydrogens (tertiary/aromatic N) is 2. The van der Waals surface area contributed by atoms with Gasteiger partial charge < -0.3 is 10.1 Å². The van der Waals surface area contributed by atoms with Crippen molar-refractivity contribution in [2.24, 2.45) is 0 Å².